The molecular formula is C21H26ClN3OS. The van der Waals surface area contributed by atoms with E-state index in [9.17, 15) is 4.79 Å². The summed E-state index contributed by atoms with van der Waals surface area (Å²) in [5.41, 5.74) is 4.00. The van der Waals surface area contributed by atoms with Crippen molar-refractivity contribution in [3.05, 3.63) is 57.9 Å². The molecule has 27 heavy (non-hydrogen) atoms. The maximum absolute atomic E-state index is 12.2. The van der Waals surface area contributed by atoms with E-state index in [1.807, 2.05) is 39.0 Å². The highest BCUT2D eigenvalue weighted by Crippen LogP contribution is 2.35. The molecule has 3 rings (SSSR count). The number of carbonyl (C=O) groups is 1. The van der Waals surface area contributed by atoms with Crippen molar-refractivity contribution in [3.8, 4) is 0 Å². The van der Waals surface area contributed by atoms with Crippen molar-refractivity contribution in [2.75, 3.05) is 13.1 Å². The van der Waals surface area contributed by atoms with Gasteiger partial charge >= 0.3 is 0 Å². The first-order valence-corrected chi connectivity index (χ1v) is 10.6. The average molecular weight is 404 g/mol. The highest BCUT2D eigenvalue weighted by molar-refractivity contribution is 7.98. The number of aromatic nitrogens is 1. The van der Waals surface area contributed by atoms with Gasteiger partial charge in [0.2, 0.25) is 0 Å². The van der Waals surface area contributed by atoms with Gasteiger partial charge in [0, 0.05) is 22.4 Å². The minimum atomic E-state index is -0.262. The van der Waals surface area contributed by atoms with Crippen LogP contribution in [0.15, 0.2) is 35.4 Å². The number of carbonyl (C=O) groups excluding carboxylic acids is 1. The zero-order valence-corrected chi connectivity index (χ0v) is 17.6. The van der Waals surface area contributed by atoms with Crippen LogP contribution in [-0.2, 0) is 18.6 Å². The lowest BCUT2D eigenvalue weighted by Crippen LogP contribution is -2.40. The van der Waals surface area contributed by atoms with Crippen LogP contribution in [0.2, 0.25) is 5.02 Å². The third-order valence-electron chi connectivity index (χ3n) is 4.37. The SMILES string of the molecule is CC(C)(C)NC(=O)c1ccc(CSc2c(Cl)ccc3c2CCNCC3)nc1. The summed E-state index contributed by atoms with van der Waals surface area (Å²) in [6.45, 7) is 7.89. The lowest BCUT2D eigenvalue weighted by molar-refractivity contribution is 0.0919. The number of amides is 1. The molecule has 2 aromatic rings. The van der Waals surface area contributed by atoms with Crippen LogP contribution in [-0.4, -0.2) is 29.5 Å². The van der Waals surface area contributed by atoms with E-state index >= 15 is 0 Å². The zero-order chi connectivity index (χ0) is 19.4. The molecule has 1 aliphatic rings. The van der Waals surface area contributed by atoms with E-state index in [0.29, 0.717) is 5.56 Å². The summed E-state index contributed by atoms with van der Waals surface area (Å²) in [5, 5.41) is 7.20. The van der Waals surface area contributed by atoms with Crippen LogP contribution in [0, 0.1) is 0 Å². The highest BCUT2D eigenvalue weighted by atomic mass is 35.5. The van der Waals surface area contributed by atoms with Crippen LogP contribution in [0.4, 0.5) is 0 Å². The summed E-state index contributed by atoms with van der Waals surface area (Å²) >= 11 is 8.22. The molecule has 4 nitrogen and oxygen atoms in total. The number of benzene rings is 1. The smallest absolute Gasteiger partial charge is 0.253 e. The van der Waals surface area contributed by atoms with Gasteiger partial charge in [0.25, 0.3) is 5.91 Å². The summed E-state index contributed by atoms with van der Waals surface area (Å²) in [4.78, 5) is 17.8. The molecule has 144 valence electrons. The quantitative estimate of drug-likeness (QED) is 0.749. The minimum absolute atomic E-state index is 0.0990. The molecule has 0 atom stereocenters. The molecule has 1 aliphatic heterocycles. The van der Waals surface area contributed by atoms with E-state index in [1.165, 1.54) is 11.1 Å². The molecule has 0 aliphatic carbocycles. The minimum Gasteiger partial charge on any atom is -0.347 e. The van der Waals surface area contributed by atoms with Crippen LogP contribution in [0.25, 0.3) is 0 Å². The van der Waals surface area contributed by atoms with E-state index < -0.39 is 0 Å². The number of nitrogens with zero attached hydrogens (tertiary/aromatic N) is 1. The first-order valence-electron chi connectivity index (χ1n) is 9.25. The molecule has 0 unspecified atom stereocenters. The Morgan fingerprint density at radius 1 is 1.22 bits per heavy atom. The molecule has 1 aromatic heterocycles. The van der Waals surface area contributed by atoms with Gasteiger partial charge in [-0.2, -0.15) is 0 Å². The van der Waals surface area contributed by atoms with Crippen molar-refractivity contribution in [1.82, 2.24) is 15.6 Å². The van der Waals surface area contributed by atoms with Crippen molar-refractivity contribution in [2.24, 2.45) is 0 Å². The van der Waals surface area contributed by atoms with Crippen LogP contribution in [0.1, 0.15) is 48.0 Å². The van der Waals surface area contributed by atoms with E-state index in [0.717, 1.165) is 47.3 Å². The maximum Gasteiger partial charge on any atom is 0.253 e. The molecule has 0 saturated carbocycles. The molecule has 2 N–H and O–H groups in total. The molecular weight excluding hydrogens is 378 g/mol. The third-order valence-corrected chi connectivity index (χ3v) is 5.99. The first kappa shape index (κ1) is 20.2. The number of pyridine rings is 1. The Bertz CT molecular complexity index is 815. The molecule has 0 fully saturated rings. The van der Waals surface area contributed by atoms with E-state index in [1.54, 1.807) is 18.0 Å². The zero-order valence-electron chi connectivity index (χ0n) is 16.1. The molecule has 0 radical (unpaired) electrons. The molecule has 6 heteroatoms. The third kappa shape index (κ3) is 5.47. The van der Waals surface area contributed by atoms with Crippen molar-refractivity contribution in [2.45, 2.75) is 49.8 Å². The fourth-order valence-corrected chi connectivity index (χ4v) is 4.49. The van der Waals surface area contributed by atoms with E-state index in [4.69, 9.17) is 11.6 Å². The number of fused-ring (bicyclic) bond motifs is 1. The molecule has 2 heterocycles. The van der Waals surface area contributed by atoms with Gasteiger partial charge in [0.1, 0.15) is 0 Å². The molecule has 0 spiro atoms. The number of hydrogen-bond acceptors (Lipinski definition) is 4. The second kappa shape index (κ2) is 8.63. The normalized spacial score (nSPS) is 14.4. The Morgan fingerprint density at radius 3 is 2.70 bits per heavy atom. The monoisotopic (exact) mass is 403 g/mol. The lowest BCUT2D eigenvalue weighted by atomic mass is 10.0. The number of halogens is 1. The van der Waals surface area contributed by atoms with Gasteiger partial charge in [-0.05, 0) is 76.0 Å². The molecule has 0 bridgehead atoms. The predicted octanol–water partition coefficient (Wildman–Crippen LogP) is 4.24. The number of nitrogens with one attached hydrogen (secondary N) is 2. The van der Waals surface area contributed by atoms with Crippen molar-refractivity contribution < 1.29 is 4.79 Å². The maximum atomic E-state index is 12.2. The average Bonchev–Trinajstić information content (AvgIpc) is 2.85. The van der Waals surface area contributed by atoms with Crippen molar-refractivity contribution in [1.29, 1.82) is 0 Å². The van der Waals surface area contributed by atoms with Crippen molar-refractivity contribution in [3.63, 3.8) is 0 Å². The fourth-order valence-electron chi connectivity index (χ4n) is 3.07. The van der Waals surface area contributed by atoms with Gasteiger partial charge in [-0.3, -0.25) is 9.78 Å². The Balaban J connectivity index is 1.70. The van der Waals surface area contributed by atoms with Gasteiger partial charge in [0.05, 0.1) is 16.3 Å². The Kier molecular flexibility index (Phi) is 6.45. The summed E-state index contributed by atoms with van der Waals surface area (Å²) in [6.07, 6.45) is 3.68. The van der Waals surface area contributed by atoms with Crippen LogP contribution in [0.3, 0.4) is 0 Å². The lowest BCUT2D eigenvalue weighted by Gasteiger charge is -2.20. The second-order valence-corrected chi connectivity index (χ2v) is 9.19. The van der Waals surface area contributed by atoms with Crippen LogP contribution < -0.4 is 10.6 Å². The fraction of sp³-hybridized carbons (Fsp3) is 0.429. The Morgan fingerprint density at radius 2 is 2.00 bits per heavy atom. The van der Waals surface area contributed by atoms with Gasteiger partial charge in [-0.15, -0.1) is 11.8 Å². The second-order valence-electron chi connectivity index (χ2n) is 7.80. The van der Waals surface area contributed by atoms with Gasteiger partial charge < -0.3 is 10.6 Å². The highest BCUT2D eigenvalue weighted by Gasteiger charge is 2.17. The summed E-state index contributed by atoms with van der Waals surface area (Å²) in [5.74, 6) is 0.628. The van der Waals surface area contributed by atoms with Crippen LogP contribution >= 0.6 is 23.4 Å². The van der Waals surface area contributed by atoms with Gasteiger partial charge in [-0.25, -0.2) is 0 Å². The predicted molar refractivity (Wildman–Crippen MR) is 113 cm³/mol. The number of rotatable bonds is 4. The van der Waals surface area contributed by atoms with E-state index in [2.05, 4.69) is 21.7 Å². The molecule has 1 amide bonds. The largest absolute Gasteiger partial charge is 0.347 e. The Labute approximate surface area is 170 Å². The molecule has 1 aromatic carbocycles. The topological polar surface area (TPSA) is 54.0 Å². The molecule has 0 saturated heterocycles. The number of thioether (sulfide) groups is 1. The summed E-state index contributed by atoms with van der Waals surface area (Å²) < 4.78 is 0. The van der Waals surface area contributed by atoms with Crippen molar-refractivity contribution >= 4 is 29.3 Å². The van der Waals surface area contributed by atoms with E-state index in [-0.39, 0.29) is 11.4 Å². The first-order chi connectivity index (χ1) is 12.8. The standard InChI is InChI=1S/C21H26ClN3OS/c1-21(2,3)25-20(26)15-4-6-16(24-12-15)13-27-19-17-9-11-23-10-8-14(17)5-7-18(19)22/h4-7,12,23H,8-11,13H2,1-3H3,(H,25,26). The number of hydrogen-bond donors (Lipinski definition) is 2. The van der Waals surface area contributed by atoms with Gasteiger partial charge in [-0.1, -0.05) is 17.7 Å². The Hall–Kier alpha value is -1.56. The van der Waals surface area contributed by atoms with Crippen LogP contribution in [0.5, 0.6) is 0 Å². The summed E-state index contributed by atoms with van der Waals surface area (Å²) in [6, 6.07) is 7.90. The summed E-state index contributed by atoms with van der Waals surface area (Å²) in [7, 11) is 0. The van der Waals surface area contributed by atoms with Gasteiger partial charge in [0.15, 0.2) is 0 Å².